The van der Waals surface area contributed by atoms with Crippen LogP contribution in [-0.2, 0) is 20.6 Å². The number of ether oxygens (including phenoxy) is 2. The molecule has 0 spiro atoms. The van der Waals surface area contributed by atoms with E-state index in [-0.39, 0.29) is 30.0 Å². The molecule has 1 aliphatic heterocycles. The monoisotopic (exact) mass is 774 g/mol. The molecule has 1 amide bonds. The number of nitrogens with zero attached hydrogens (tertiary/aromatic N) is 4. The molecule has 46 heavy (non-hydrogen) atoms. The van der Waals surface area contributed by atoms with E-state index >= 15 is 4.57 Å². The van der Waals surface area contributed by atoms with Crippen molar-refractivity contribution in [3.8, 4) is 0 Å². The van der Waals surface area contributed by atoms with E-state index in [2.05, 4.69) is 47.4 Å². The molecular weight excluding hydrogens is 747 g/mol. The number of aromatic nitrogens is 2. The number of nitro groups is 1. The third-order valence-corrected chi connectivity index (χ3v) is 11.1. The molecule has 0 saturated carbocycles. The molecule has 1 aliphatic rings. The highest BCUT2D eigenvalue weighted by Gasteiger charge is 2.40. The molecule has 2 heterocycles. The minimum absolute atomic E-state index is 0.0414. The highest BCUT2D eigenvalue weighted by Crippen LogP contribution is 2.51. The van der Waals surface area contributed by atoms with Crippen LogP contribution in [0.5, 0.6) is 0 Å². The zero-order valence-electron chi connectivity index (χ0n) is 24.5. The number of rotatable bonds is 11. The number of carbonyl (C=O) groups excluding carboxylic acids is 2. The molecule has 0 unspecified atom stereocenters. The van der Waals surface area contributed by atoms with Crippen LogP contribution in [0.25, 0.3) is 0 Å². The second-order valence-electron chi connectivity index (χ2n) is 10.2. The van der Waals surface area contributed by atoms with Gasteiger partial charge in [0.1, 0.15) is 17.7 Å². The Morgan fingerprint density at radius 2 is 1.57 bits per heavy atom. The summed E-state index contributed by atoms with van der Waals surface area (Å²) in [5.41, 5.74) is 1.35. The van der Waals surface area contributed by atoms with Gasteiger partial charge in [-0.3, -0.25) is 19.5 Å². The van der Waals surface area contributed by atoms with Crippen LogP contribution in [0.15, 0.2) is 81.7 Å². The molecule has 1 saturated heterocycles. The summed E-state index contributed by atoms with van der Waals surface area (Å²) in [5, 5.41) is 22.2. The lowest BCUT2D eigenvalue weighted by molar-refractivity contribution is -0.384. The lowest BCUT2D eigenvalue weighted by atomic mass is 10.2. The fourth-order valence-electron chi connectivity index (χ4n) is 4.83. The van der Waals surface area contributed by atoms with Crippen LogP contribution >= 0.6 is 39.3 Å². The van der Waals surface area contributed by atoms with Crippen molar-refractivity contribution in [1.82, 2.24) is 14.5 Å². The molecule has 3 aromatic carbocycles. The minimum atomic E-state index is -3.81. The quantitative estimate of drug-likeness (QED) is 0.0802. The van der Waals surface area contributed by atoms with Gasteiger partial charge in [-0.05, 0) is 67.6 Å². The summed E-state index contributed by atoms with van der Waals surface area (Å²) >= 11 is 6.72. The molecule has 0 radical (unpaired) electrons. The molecule has 0 aliphatic carbocycles. The van der Waals surface area contributed by atoms with Crippen LogP contribution in [0.2, 0.25) is 0 Å². The Morgan fingerprint density at radius 1 is 0.978 bits per heavy atom. The second-order valence-corrected chi connectivity index (χ2v) is 14.4. The van der Waals surface area contributed by atoms with E-state index in [1.54, 1.807) is 60.1 Å². The summed E-state index contributed by atoms with van der Waals surface area (Å²) in [4.78, 5) is 36.9. The molecule has 5 rings (SSSR count). The minimum Gasteiger partial charge on any atom is -0.460 e. The van der Waals surface area contributed by atoms with E-state index in [4.69, 9.17) is 9.47 Å². The molecule has 1 fully saturated rings. The van der Waals surface area contributed by atoms with Crippen LogP contribution in [0.1, 0.15) is 26.4 Å². The van der Waals surface area contributed by atoms with Crippen molar-refractivity contribution < 1.29 is 28.6 Å². The standard InChI is InChI=1S/C30H29Br2N6O7P/c1-20-27(46(43,36-14-17-44-18-15-36)35-25-10-12-26(13-11-25)38(41)42)28(33-29(39)21-2-6-23(31)7-3-21)37(34-20)16-19-45-30(40)22-4-8-24(32)9-5-22/h2-13H,14-19H2,1H3,(H,33,39)(H,35,43)/t46-/m1/s1. The van der Waals surface area contributed by atoms with Gasteiger partial charge in [-0.1, -0.05) is 31.9 Å². The molecule has 2 N–H and O–H groups in total. The Hall–Kier alpha value is -3.88. The fourth-order valence-corrected chi connectivity index (χ4v) is 8.06. The van der Waals surface area contributed by atoms with Gasteiger partial charge in [0.25, 0.3) is 19.0 Å². The number of morpholine rings is 1. The Labute approximate surface area is 281 Å². The lowest BCUT2D eigenvalue weighted by Crippen LogP contribution is -2.40. The maximum absolute atomic E-state index is 15.3. The van der Waals surface area contributed by atoms with Crippen LogP contribution in [-0.4, -0.2) is 64.2 Å². The lowest BCUT2D eigenvalue weighted by Gasteiger charge is -2.35. The average molecular weight is 776 g/mol. The van der Waals surface area contributed by atoms with Gasteiger partial charge in [0.05, 0.1) is 35.9 Å². The maximum Gasteiger partial charge on any atom is 0.338 e. The van der Waals surface area contributed by atoms with Crippen molar-refractivity contribution in [3.05, 3.63) is 109 Å². The van der Waals surface area contributed by atoms with Gasteiger partial charge in [0, 0.05) is 45.4 Å². The highest BCUT2D eigenvalue weighted by atomic mass is 79.9. The molecule has 1 aromatic heterocycles. The zero-order valence-corrected chi connectivity index (χ0v) is 28.6. The Kier molecular flexibility index (Phi) is 10.7. The smallest absolute Gasteiger partial charge is 0.338 e. The number of halogens is 2. The SMILES string of the molecule is Cc1nn(CCOC(=O)c2ccc(Br)cc2)c(NC(=O)c2ccc(Br)cc2)c1[P@@](=O)(Nc1ccc([N+](=O)[O-])cc1)N1CCOCC1. The summed E-state index contributed by atoms with van der Waals surface area (Å²) in [6.45, 7) is 2.91. The number of aryl methyl sites for hydroxylation is 1. The summed E-state index contributed by atoms with van der Waals surface area (Å²) in [6, 6.07) is 19.1. The first kappa shape index (κ1) is 33.5. The number of esters is 1. The Morgan fingerprint density at radius 3 is 2.15 bits per heavy atom. The second kappa shape index (κ2) is 14.7. The van der Waals surface area contributed by atoms with Crippen LogP contribution in [0.3, 0.4) is 0 Å². The van der Waals surface area contributed by atoms with Gasteiger partial charge in [-0.15, -0.1) is 0 Å². The predicted molar refractivity (Wildman–Crippen MR) is 180 cm³/mol. The van der Waals surface area contributed by atoms with Crippen molar-refractivity contribution in [2.75, 3.05) is 43.3 Å². The summed E-state index contributed by atoms with van der Waals surface area (Å²) < 4.78 is 31.2. The topological polar surface area (TPSA) is 158 Å². The van der Waals surface area contributed by atoms with Crippen molar-refractivity contribution in [1.29, 1.82) is 0 Å². The molecule has 4 aromatic rings. The number of hydrogen-bond acceptors (Lipinski definition) is 8. The van der Waals surface area contributed by atoms with Gasteiger partial charge in [-0.2, -0.15) is 5.10 Å². The van der Waals surface area contributed by atoms with Gasteiger partial charge >= 0.3 is 5.97 Å². The van der Waals surface area contributed by atoms with E-state index in [9.17, 15) is 19.7 Å². The van der Waals surface area contributed by atoms with E-state index < -0.39 is 24.2 Å². The first-order valence-corrected chi connectivity index (χ1v) is 17.3. The third kappa shape index (κ3) is 7.73. The molecule has 0 bridgehead atoms. The van der Waals surface area contributed by atoms with E-state index in [0.29, 0.717) is 48.8 Å². The number of carbonyl (C=O) groups is 2. The summed E-state index contributed by atoms with van der Waals surface area (Å²) in [6.07, 6.45) is 0. The largest absolute Gasteiger partial charge is 0.460 e. The number of amides is 1. The van der Waals surface area contributed by atoms with Gasteiger partial charge in [0.15, 0.2) is 0 Å². The number of hydrogen-bond donors (Lipinski definition) is 2. The van der Waals surface area contributed by atoms with Crippen molar-refractivity contribution in [2.45, 2.75) is 13.5 Å². The number of nitro benzene ring substituents is 1. The number of benzene rings is 3. The molecule has 1 atom stereocenters. The van der Waals surface area contributed by atoms with Crippen molar-refractivity contribution in [2.24, 2.45) is 0 Å². The number of non-ortho nitro benzene ring substituents is 1. The summed E-state index contributed by atoms with van der Waals surface area (Å²) in [7, 11) is -3.81. The molecule has 240 valence electrons. The van der Waals surface area contributed by atoms with Gasteiger partial charge in [-0.25, -0.2) is 14.1 Å². The maximum atomic E-state index is 15.3. The first-order chi connectivity index (χ1) is 22.0. The van der Waals surface area contributed by atoms with E-state index in [1.807, 2.05) is 0 Å². The predicted octanol–water partition coefficient (Wildman–Crippen LogP) is 6.00. The van der Waals surface area contributed by atoms with Crippen molar-refractivity contribution in [3.63, 3.8) is 0 Å². The number of anilines is 2. The van der Waals surface area contributed by atoms with Gasteiger partial charge in [0.2, 0.25) is 0 Å². The number of nitrogens with one attached hydrogen (secondary N) is 2. The average Bonchev–Trinajstić information content (AvgIpc) is 3.36. The fraction of sp³-hybridized carbons (Fsp3) is 0.233. The zero-order chi connectivity index (χ0) is 32.8. The third-order valence-electron chi connectivity index (χ3n) is 7.10. The Bertz CT molecular complexity index is 1780. The normalized spacial score (nSPS) is 14.7. The molecule has 16 heteroatoms. The van der Waals surface area contributed by atoms with Crippen LogP contribution in [0, 0.1) is 17.0 Å². The van der Waals surface area contributed by atoms with Gasteiger partial charge < -0.3 is 19.9 Å². The Balaban J connectivity index is 1.52. The summed E-state index contributed by atoms with van der Waals surface area (Å²) in [5.74, 6) is -0.837. The molecule has 13 nitrogen and oxygen atoms in total. The molecular formula is C30H29Br2N6O7P. The van der Waals surface area contributed by atoms with E-state index in [1.165, 1.54) is 28.9 Å². The van der Waals surface area contributed by atoms with Crippen LogP contribution in [0.4, 0.5) is 17.2 Å². The van der Waals surface area contributed by atoms with Crippen molar-refractivity contribution >= 4 is 73.7 Å². The van der Waals surface area contributed by atoms with E-state index in [0.717, 1.165) is 8.95 Å². The first-order valence-electron chi connectivity index (χ1n) is 14.1. The van der Waals surface area contributed by atoms with Crippen LogP contribution < -0.4 is 15.7 Å². The highest BCUT2D eigenvalue weighted by molar-refractivity contribution is 9.10.